The lowest BCUT2D eigenvalue weighted by atomic mass is 10.1. The summed E-state index contributed by atoms with van der Waals surface area (Å²) in [6.45, 7) is 0. The Kier molecular flexibility index (Phi) is 3.18. The van der Waals surface area contributed by atoms with Crippen molar-refractivity contribution in [3.05, 3.63) is 66.2 Å². The molecule has 1 saturated carbocycles. The van der Waals surface area contributed by atoms with Crippen molar-refractivity contribution in [2.75, 3.05) is 0 Å². The molecule has 3 atom stereocenters. The van der Waals surface area contributed by atoms with Gasteiger partial charge < -0.3 is 4.79 Å². The van der Waals surface area contributed by atoms with E-state index in [1.807, 2.05) is 30.3 Å². The molecule has 4 heteroatoms. The summed E-state index contributed by atoms with van der Waals surface area (Å²) in [6.07, 6.45) is 0.767. The smallest absolute Gasteiger partial charge is 0.182 e. The standard InChI is InChI=1S/C16H14O3S/c17-11-14-15(12-7-3-1-4-8-12)16(14)20(18,19)13-9-5-2-6-10-13/h1-11,14-16H/t14-,15+,16+/m0/s1. The van der Waals surface area contributed by atoms with Crippen LogP contribution in [-0.4, -0.2) is 20.0 Å². The van der Waals surface area contributed by atoms with Gasteiger partial charge in [-0.2, -0.15) is 0 Å². The maximum absolute atomic E-state index is 12.6. The molecule has 2 aromatic rings. The molecule has 1 aliphatic rings. The lowest BCUT2D eigenvalue weighted by Gasteiger charge is -2.03. The lowest BCUT2D eigenvalue weighted by Crippen LogP contribution is -2.10. The van der Waals surface area contributed by atoms with Gasteiger partial charge in [-0.15, -0.1) is 0 Å². The number of benzene rings is 2. The Morgan fingerprint density at radius 1 is 0.850 bits per heavy atom. The van der Waals surface area contributed by atoms with Crippen LogP contribution in [0, 0.1) is 5.92 Å². The van der Waals surface area contributed by atoms with E-state index in [0.29, 0.717) is 0 Å². The Morgan fingerprint density at radius 3 is 1.95 bits per heavy atom. The Balaban J connectivity index is 1.97. The van der Waals surface area contributed by atoms with Crippen LogP contribution < -0.4 is 0 Å². The molecule has 0 N–H and O–H groups in total. The third kappa shape index (κ3) is 2.06. The zero-order chi connectivity index (χ0) is 14.2. The molecule has 102 valence electrons. The average Bonchev–Trinajstić information content (AvgIpc) is 3.24. The predicted molar refractivity (Wildman–Crippen MR) is 76.2 cm³/mol. The summed E-state index contributed by atoms with van der Waals surface area (Å²) >= 11 is 0. The first-order valence-corrected chi connectivity index (χ1v) is 8.00. The third-order valence-corrected chi connectivity index (χ3v) is 6.03. The second-order valence-corrected chi connectivity index (χ2v) is 7.08. The van der Waals surface area contributed by atoms with Gasteiger partial charge >= 0.3 is 0 Å². The zero-order valence-corrected chi connectivity index (χ0v) is 11.5. The van der Waals surface area contributed by atoms with Gasteiger partial charge in [-0.25, -0.2) is 8.42 Å². The molecule has 0 aromatic heterocycles. The third-order valence-electron chi connectivity index (χ3n) is 3.78. The summed E-state index contributed by atoms with van der Waals surface area (Å²) in [5.41, 5.74) is 0.911. The van der Waals surface area contributed by atoms with Gasteiger partial charge in [0.25, 0.3) is 0 Å². The molecule has 0 spiro atoms. The minimum Gasteiger partial charge on any atom is -0.303 e. The molecule has 0 bridgehead atoms. The van der Waals surface area contributed by atoms with Gasteiger partial charge in [0.15, 0.2) is 9.84 Å². The van der Waals surface area contributed by atoms with Crippen molar-refractivity contribution in [3.63, 3.8) is 0 Å². The van der Waals surface area contributed by atoms with Crippen molar-refractivity contribution < 1.29 is 13.2 Å². The minimum atomic E-state index is -3.46. The fourth-order valence-corrected chi connectivity index (χ4v) is 4.85. The first-order chi connectivity index (χ1) is 9.66. The molecule has 0 heterocycles. The fourth-order valence-electron chi connectivity index (χ4n) is 2.72. The van der Waals surface area contributed by atoms with Crippen LogP contribution in [0.15, 0.2) is 65.6 Å². The van der Waals surface area contributed by atoms with Crippen molar-refractivity contribution >= 4 is 16.1 Å². The average molecular weight is 286 g/mol. The number of hydrogen-bond acceptors (Lipinski definition) is 3. The van der Waals surface area contributed by atoms with Gasteiger partial charge in [0, 0.05) is 11.8 Å². The summed E-state index contributed by atoms with van der Waals surface area (Å²) in [4.78, 5) is 11.5. The number of hydrogen-bond donors (Lipinski definition) is 0. The highest BCUT2D eigenvalue weighted by atomic mass is 32.2. The molecule has 0 aliphatic heterocycles. The molecule has 0 radical (unpaired) electrons. The van der Waals surface area contributed by atoms with Gasteiger partial charge in [-0.05, 0) is 17.7 Å². The van der Waals surface area contributed by atoms with Crippen LogP contribution in [0.3, 0.4) is 0 Å². The van der Waals surface area contributed by atoms with Gasteiger partial charge in [-0.1, -0.05) is 48.5 Å². The van der Waals surface area contributed by atoms with Crippen molar-refractivity contribution in [2.24, 2.45) is 5.92 Å². The largest absolute Gasteiger partial charge is 0.303 e. The van der Waals surface area contributed by atoms with Gasteiger partial charge in [0.05, 0.1) is 10.1 Å². The van der Waals surface area contributed by atoms with E-state index >= 15 is 0 Å². The number of carbonyl (C=O) groups excluding carboxylic acids is 1. The van der Waals surface area contributed by atoms with Gasteiger partial charge in [0.1, 0.15) is 6.29 Å². The summed E-state index contributed by atoms with van der Waals surface area (Å²) in [6, 6.07) is 17.7. The normalized spacial score (nSPS) is 25.1. The Morgan fingerprint density at radius 2 is 1.40 bits per heavy atom. The fraction of sp³-hybridized carbons (Fsp3) is 0.188. The molecule has 1 aliphatic carbocycles. The molecular formula is C16H14O3S. The van der Waals surface area contributed by atoms with E-state index in [1.165, 1.54) is 0 Å². The van der Waals surface area contributed by atoms with Gasteiger partial charge in [-0.3, -0.25) is 0 Å². The zero-order valence-electron chi connectivity index (χ0n) is 10.7. The van der Waals surface area contributed by atoms with Crippen molar-refractivity contribution in [1.29, 1.82) is 0 Å². The number of carbonyl (C=O) groups is 1. The molecule has 20 heavy (non-hydrogen) atoms. The maximum atomic E-state index is 12.6. The summed E-state index contributed by atoms with van der Waals surface area (Å²) < 4.78 is 25.2. The topological polar surface area (TPSA) is 51.2 Å². The summed E-state index contributed by atoms with van der Waals surface area (Å²) in [5, 5.41) is -0.634. The monoisotopic (exact) mass is 286 g/mol. The molecule has 0 unspecified atom stereocenters. The first-order valence-electron chi connectivity index (χ1n) is 6.45. The van der Waals surface area contributed by atoms with E-state index in [4.69, 9.17) is 0 Å². The van der Waals surface area contributed by atoms with E-state index in [9.17, 15) is 13.2 Å². The minimum absolute atomic E-state index is 0.223. The molecule has 0 saturated heterocycles. The number of rotatable bonds is 4. The van der Waals surface area contributed by atoms with E-state index in [2.05, 4.69) is 0 Å². The number of aldehydes is 1. The quantitative estimate of drug-likeness (QED) is 0.811. The van der Waals surface area contributed by atoms with Crippen LogP contribution in [0.1, 0.15) is 11.5 Å². The Labute approximate surface area is 118 Å². The molecule has 3 nitrogen and oxygen atoms in total. The van der Waals surface area contributed by atoms with Crippen molar-refractivity contribution in [3.8, 4) is 0 Å². The van der Waals surface area contributed by atoms with Crippen LogP contribution in [-0.2, 0) is 14.6 Å². The Hall–Kier alpha value is -1.94. The van der Waals surface area contributed by atoms with E-state index < -0.39 is 21.0 Å². The van der Waals surface area contributed by atoms with Crippen molar-refractivity contribution in [1.82, 2.24) is 0 Å². The summed E-state index contributed by atoms with van der Waals surface area (Å²) in [7, 11) is -3.46. The van der Waals surface area contributed by atoms with E-state index in [0.717, 1.165) is 11.8 Å². The van der Waals surface area contributed by atoms with Crippen LogP contribution in [0.2, 0.25) is 0 Å². The van der Waals surface area contributed by atoms with Crippen molar-refractivity contribution in [2.45, 2.75) is 16.1 Å². The van der Waals surface area contributed by atoms with Crippen LogP contribution in [0.25, 0.3) is 0 Å². The van der Waals surface area contributed by atoms with Crippen LogP contribution >= 0.6 is 0 Å². The van der Waals surface area contributed by atoms with E-state index in [1.54, 1.807) is 30.3 Å². The first kappa shape index (κ1) is 13.1. The Bertz CT molecular complexity index is 708. The highest BCUT2D eigenvalue weighted by molar-refractivity contribution is 7.92. The highest BCUT2D eigenvalue weighted by Crippen LogP contribution is 2.52. The van der Waals surface area contributed by atoms with Crippen LogP contribution in [0.4, 0.5) is 0 Å². The maximum Gasteiger partial charge on any atom is 0.182 e. The van der Waals surface area contributed by atoms with Gasteiger partial charge in [0.2, 0.25) is 0 Å². The molecular weight excluding hydrogens is 272 g/mol. The number of sulfone groups is 1. The summed E-state index contributed by atoms with van der Waals surface area (Å²) in [5.74, 6) is -0.665. The van der Waals surface area contributed by atoms with Crippen LogP contribution in [0.5, 0.6) is 0 Å². The predicted octanol–water partition coefficient (Wildman–Crippen LogP) is 2.44. The second kappa shape index (κ2) is 4.87. The molecule has 0 amide bonds. The van der Waals surface area contributed by atoms with E-state index in [-0.39, 0.29) is 10.8 Å². The second-order valence-electron chi connectivity index (χ2n) is 4.97. The highest BCUT2D eigenvalue weighted by Gasteiger charge is 2.58. The molecule has 2 aromatic carbocycles. The lowest BCUT2D eigenvalue weighted by molar-refractivity contribution is -0.108. The molecule has 3 rings (SSSR count). The molecule has 1 fully saturated rings. The SMILES string of the molecule is O=C[C@H]1[C@@H](c2ccccc2)[C@@H]1S(=O)(=O)c1ccccc1.